The molecule has 0 aliphatic carbocycles. The largest absolute Gasteiger partial charge is 0.330 e. The first kappa shape index (κ1) is 10.7. The SMILES string of the molecule is C=C(CCN)CCCCCC. The van der Waals surface area contributed by atoms with Gasteiger partial charge in [-0.3, -0.25) is 0 Å². The Hall–Kier alpha value is -0.300. The molecule has 0 spiro atoms. The van der Waals surface area contributed by atoms with Crippen LogP contribution in [0.3, 0.4) is 0 Å². The first-order valence-corrected chi connectivity index (χ1v) is 4.68. The zero-order valence-electron chi connectivity index (χ0n) is 7.73. The molecule has 0 saturated carbocycles. The van der Waals surface area contributed by atoms with Crippen molar-refractivity contribution in [2.24, 2.45) is 5.73 Å². The summed E-state index contributed by atoms with van der Waals surface area (Å²) >= 11 is 0. The van der Waals surface area contributed by atoms with Gasteiger partial charge in [0.25, 0.3) is 0 Å². The minimum atomic E-state index is 0.757. The predicted molar refractivity (Wildman–Crippen MR) is 51.6 cm³/mol. The van der Waals surface area contributed by atoms with Crippen molar-refractivity contribution in [2.75, 3.05) is 6.54 Å². The van der Waals surface area contributed by atoms with Crippen molar-refractivity contribution in [3.05, 3.63) is 12.2 Å². The summed E-state index contributed by atoms with van der Waals surface area (Å²) in [4.78, 5) is 0. The van der Waals surface area contributed by atoms with E-state index in [0.29, 0.717) is 0 Å². The summed E-state index contributed by atoms with van der Waals surface area (Å²) in [6.07, 6.45) is 7.50. The molecule has 0 heterocycles. The Bertz CT molecular complexity index is 97.0. The Labute approximate surface area is 70.7 Å². The van der Waals surface area contributed by atoms with Crippen molar-refractivity contribution < 1.29 is 0 Å². The van der Waals surface area contributed by atoms with Crippen molar-refractivity contribution in [3.63, 3.8) is 0 Å². The number of hydrogen-bond donors (Lipinski definition) is 1. The molecule has 0 aromatic rings. The van der Waals surface area contributed by atoms with Crippen molar-refractivity contribution >= 4 is 0 Å². The highest BCUT2D eigenvalue weighted by Crippen LogP contribution is 2.10. The molecule has 2 N–H and O–H groups in total. The van der Waals surface area contributed by atoms with Crippen LogP contribution in [0.2, 0.25) is 0 Å². The van der Waals surface area contributed by atoms with Crippen molar-refractivity contribution in [3.8, 4) is 0 Å². The fourth-order valence-corrected chi connectivity index (χ4v) is 1.13. The van der Waals surface area contributed by atoms with E-state index in [-0.39, 0.29) is 0 Å². The molecule has 0 aliphatic heterocycles. The van der Waals surface area contributed by atoms with E-state index in [0.717, 1.165) is 13.0 Å². The first-order chi connectivity index (χ1) is 5.31. The number of nitrogens with two attached hydrogens (primary N) is 1. The standard InChI is InChI=1S/C10H21N/c1-3-4-5-6-7-10(2)8-9-11/h2-9,11H2,1H3. The Morgan fingerprint density at radius 1 is 1.18 bits per heavy atom. The fourth-order valence-electron chi connectivity index (χ4n) is 1.13. The van der Waals surface area contributed by atoms with E-state index < -0.39 is 0 Å². The van der Waals surface area contributed by atoms with E-state index in [2.05, 4.69) is 13.5 Å². The highest BCUT2D eigenvalue weighted by Gasteiger charge is 1.92. The van der Waals surface area contributed by atoms with E-state index in [1.165, 1.54) is 37.7 Å². The van der Waals surface area contributed by atoms with Crippen LogP contribution in [0.15, 0.2) is 12.2 Å². The third kappa shape index (κ3) is 7.60. The van der Waals surface area contributed by atoms with Gasteiger partial charge in [-0.2, -0.15) is 0 Å². The van der Waals surface area contributed by atoms with Crippen LogP contribution >= 0.6 is 0 Å². The molecule has 0 saturated heterocycles. The van der Waals surface area contributed by atoms with E-state index >= 15 is 0 Å². The van der Waals surface area contributed by atoms with Gasteiger partial charge < -0.3 is 5.73 Å². The van der Waals surface area contributed by atoms with Gasteiger partial charge in [-0.15, -0.1) is 0 Å². The molecule has 0 bridgehead atoms. The Kier molecular flexibility index (Phi) is 7.59. The van der Waals surface area contributed by atoms with Crippen LogP contribution in [0.5, 0.6) is 0 Å². The summed E-state index contributed by atoms with van der Waals surface area (Å²) in [5, 5.41) is 0. The molecule has 0 fully saturated rings. The quantitative estimate of drug-likeness (QED) is 0.444. The summed E-state index contributed by atoms with van der Waals surface area (Å²) in [6.45, 7) is 6.95. The Morgan fingerprint density at radius 2 is 1.91 bits per heavy atom. The molecule has 0 atom stereocenters. The molecule has 0 amide bonds. The number of unbranched alkanes of at least 4 members (excludes halogenated alkanes) is 3. The second-order valence-electron chi connectivity index (χ2n) is 3.10. The van der Waals surface area contributed by atoms with Crippen LogP contribution in [0.4, 0.5) is 0 Å². The van der Waals surface area contributed by atoms with Crippen LogP contribution in [-0.4, -0.2) is 6.54 Å². The minimum absolute atomic E-state index is 0.757. The lowest BCUT2D eigenvalue weighted by Crippen LogP contribution is -1.99. The molecular formula is C10H21N. The Balaban J connectivity index is 3.04. The molecular weight excluding hydrogens is 134 g/mol. The van der Waals surface area contributed by atoms with Gasteiger partial charge in [0.05, 0.1) is 0 Å². The molecule has 0 aromatic carbocycles. The third-order valence-electron chi connectivity index (χ3n) is 1.88. The monoisotopic (exact) mass is 155 g/mol. The average Bonchev–Trinajstić information content (AvgIpc) is 1.99. The molecule has 66 valence electrons. The highest BCUT2D eigenvalue weighted by atomic mass is 14.5. The lowest BCUT2D eigenvalue weighted by atomic mass is 10.1. The zero-order valence-corrected chi connectivity index (χ0v) is 7.73. The number of hydrogen-bond acceptors (Lipinski definition) is 1. The third-order valence-corrected chi connectivity index (χ3v) is 1.88. The van der Waals surface area contributed by atoms with E-state index in [1.807, 2.05) is 0 Å². The molecule has 0 unspecified atom stereocenters. The van der Waals surface area contributed by atoms with Gasteiger partial charge in [0.15, 0.2) is 0 Å². The van der Waals surface area contributed by atoms with Gasteiger partial charge >= 0.3 is 0 Å². The predicted octanol–water partition coefficient (Wildman–Crippen LogP) is 2.86. The lowest BCUT2D eigenvalue weighted by molar-refractivity contribution is 0.655. The van der Waals surface area contributed by atoms with Crippen molar-refractivity contribution in [2.45, 2.75) is 45.4 Å². The molecule has 1 nitrogen and oxygen atoms in total. The van der Waals surface area contributed by atoms with Gasteiger partial charge in [-0.25, -0.2) is 0 Å². The minimum Gasteiger partial charge on any atom is -0.330 e. The average molecular weight is 155 g/mol. The summed E-state index contributed by atoms with van der Waals surface area (Å²) in [6, 6.07) is 0. The van der Waals surface area contributed by atoms with E-state index in [1.54, 1.807) is 0 Å². The summed E-state index contributed by atoms with van der Waals surface area (Å²) in [5.41, 5.74) is 6.72. The molecule has 1 heteroatoms. The van der Waals surface area contributed by atoms with Crippen LogP contribution in [0.25, 0.3) is 0 Å². The lowest BCUT2D eigenvalue weighted by Gasteiger charge is -2.02. The molecule has 0 aromatic heterocycles. The number of rotatable bonds is 7. The van der Waals surface area contributed by atoms with Gasteiger partial charge in [0.1, 0.15) is 0 Å². The summed E-state index contributed by atoms with van der Waals surface area (Å²) in [5.74, 6) is 0. The van der Waals surface area contributed by atoms with Gasteiger partial charge in [0, 0.05) is 0 Å². The topological polar surface area (TPSA) is 26.0 Å². The van der Waals surface area contributed by atoms with Crippen LogP contribution in [-0.2, 0) is 0 Å². The normalized spacial score (nSPS) is 10.0. The summed E-state index contributed by atoms with van der Waals surface area (Å²) in [7, 11) is 0. The fraction of sp³-hybridized carbons (Fsp3) is 0.800. The zero-order chi connectivity index (χ0) is 8.53. The first-order valence-electron chi connectivity index (χ1n) is 4.68. The maximum atomic E-state index is 5.40. The van der Waals surface area contributed by atoms with Gasteiger partial charge in [-0.1, -0.05) is 38.3 Å². The van der Waals surface area contributed by atoms with Gasteiger partial charge in [0.2, 0.25) is 0 Å². The molecule has 11 heavy (non-hydrogen) atoms. The van der Waals surface area contributed by atoms with Crippen molar-refractivity contribution in [1.82, 2.24) is 0 Å². The molecule has 0 radical (unpaired) electrons. The van der Waals surface area contributed by atoms with Crippen molar-refractivity contribution in [1.29, 1.82) is 0 Å². The maximum absolute atomic E-state index is 5.40. The highest BCUT2D eigenvalue weighted by molar-refractivity contribution is 4.93. The second kappa shape index (κ2) is 7.80. The maximum Gasteiger partial charge on any atom is -0.00400 e. The van der Waals surface area contributed by atoms with Crippen LogP contribution in [0.1, 0.15) is 45.4 Å². The molecule has 0 rings (SSSR count). The Morgan fingerprint density at radius 3 is 2.45 bits per heavy atom. The van der Waals surface area contributed by atoms with E-state index in [4.69, 9.17) is 5.73 Å². The van der Waals surface area contributed by atoms with Crippen LogP contribution < -0.4 is 5.73 Å². The van der Waals surface area contributed by atoms with E-state index in [9.17, 15) is 0 Å². The van der Waals surface area contributed by atoms with Crippen LogP contribution in [0, 0.1) is 0 Å². The van der Waals surface area contributed by atoms with Gasteiger partial charge in [-0.05, 0) is 25.8 Å². The second-order valence-corrected chi connectivity index (χ2v) is 3.10. The molecule has 0 aliphatic rings. The smallest absolute Gasteiger partial charge is 0.00400 e. The summed E-state index contributed by atoms with van der Waals surface area (Å²) < 4.78 is 0.